The minimum absolute atomic E-state index is 0.0131. The SMILES string of the molecule is CC1CC1C(=O)NCc1c(C(=O)O)[nH]c2ccccc12. The van der Waals surface area contributed by atoms with Crippen LogP contribution in [0.5, 0.6) is 0 Å². The summed E-state index contributed by atoms with van der Waals surface area (Å²) in [5.41, 5.74) is 1.55. The Labute approximate surface area is 116 Å². The van der Waals surface area contributed by atoms with E-state index >= 15 is 0 Å². The maximum atomic E-state index is 11.9. The first-order valence-corrected chi connectivity index (χ1v) is 6.68. The van der Waals surface area contributed by atoms with E-state index in [4.69, 9.17) is 0 Å². The summed E-state index contributed by atoms with van der Waals surface area (Å²) in [6.07, 6.45) is 0.922. The van der Waals surface area contributed by atoms with Crippen molar-refractivity contribution in [2.75, 3.05) is 0 Å². The highest BCUT2D eigenvalue weighted by Gasteiger charge is 2.39. The molecule has 0 saturated heterocycles. The Balaban J connectivity index is 1.87. The predicted molar refractivity (Wildman–Crippen MR) is 74.4 cm³/mol. The van der Waals surface area contributed by atoms with Gasteiger partial charge in [0.25, 0.3) is 0 Å². The topological polar surface area (TPSA) is 82.2 Å². The molecule has 2 aromatic rings. The average Bonchev–Trinajstić information content (AvgIpc) is 3.03. The Morgan fingerprint density at radius 3 is 2.75 bits per heavy atom. The average molecular weight is 272 g/mol. The second-order valence-electron chi connectivity index (χ2n) is 5.37. The van der Waals surface area contributed by atoms with E-state index in [9.17, 15) is 14.7 Å². The van der Waals surface area contributed by atoms with Crippen LogP contribution in [-0.2, 0) is 11.3 Å². The zero-order valence-electron chi connectivity index (χ0n) is 11.1. The van der Waals surface area contributed by atoms with E-state index in [1.165, 1.54) is 0 Å². The molecule has 1 aromatic heterocycles. The minimum Gasteiger partial charge on any atom is -0.477 e. The van der Waals surface area contributed by atoms with Gasteiger partial charge in [-0.2, -0.15) is 0 Å². The van der Waals surface area contributed by atoms with Crippen molar-refractivity contribution in [2.24, 2.45) is 11.8 Å². The molecule has 1 heterocycles. The van der Waals surface area contributed by atoms with E-state index in [1.54, 1.807) is 0 Å². The van der Waals surface area contributed by atoms with Gasteiger partial charge in [0.1, 0.15) is 5.69 Å². The first kappa shape index (κ1) is 12.7. The van der Waals surface area contributed by atoms with Gasteiger partial charge in [-0.1, -0.05) is 25.1 Å². The third-order valence-corrected chi connectivity index (χ3v) is 3.91. The van der Waals surface area contributed by atoms with Crippen LogP contribution in [0.4, 0.5) is 0 Å². The van der Waals surface area contributed by atoms with Crippen LogP contribution in [-0.4, -0.2) is 22.0 Å². The van der Waals surface area contributed by atoms with Gasteiger partial charge >= 0.3 is 5.97 Å². The van der Waals surface area contributed by atoms with Crippen molar-refractivity contribution in [1.29, 1.82) is 0 Å². The zero-order chi connectivity index (χ0) is 14.3. The quantitative estimate of drug-likeness (QED) is 0.797. The van der Waals surface area contributed by atoms with E-state index in [0.717, 1.165) is 17.3 Å². The molecule has 1 fully saturated rings. The number of aromatic amines is 1. The number of carbonyl (C=O) groups excluding carboxylic acids is 1. The summed E-state index contributed by atoms with van der Waals surface area (Å²) in [5, 5.41) is 12.9. The van der Waals surface area contributed by atoms with Gasteiger partial charge in [-0.05, 0) is 18.4 Å². The molecule has 0 radical (unpaired) electrons. The number of carboxylic acid groups (broad SMARTS) is 1. The molecule has 2 unspecified atom stereocenters. The lowest BCUT2D eigenvalue weighted by Crippen LogP contribution is -2.25. The van der Waals surface area contributed by atoms with Crippen molar-refractivity contribution >= 4 is 22.8 Å². The van der Waals surface area contributed by atoms with Crippen LogP contribution in [0.1, 0.15) is 29.4 Å². The summed E-state index contributed by atoms with van der Waals surface area (Å²) < 4.78 is 0. The van der Waals surface area contributed by atoms with E-state index in [1.807, 2.05) is 31.2 Å². The van der Waals surface area contributed by atoms with Gasteiger partial charge in [-0.15, -0.1) is 0 Å². The van der Waals surface area contributed by atoms with E-state index in [0.29, 0.717) is 11.5 Å². The molecule has 3 rings (SSSR count). The van der Waals surface area contributed by atoms with Crippen LogP contribution < -0.4 is 5.32 Å². The molecular weight excluding hydrogens is 256 g/mol. The highest BCUT2D eigenvalue weighted by Crippen LogP contribution is 2.37. The van der Waals surface area contributed by atoms with Crippen LogP contribution in [0.25, 0.3) is 10.9 Å². The number of carbonyl (C=O) groups is 2. The molecule has 0 aliphatic heterocycles. The third kappa shape index (κ3) is 2.15. The Kier molecular flexibility index (Phi) is 2.97. The third-order valence-electron chi connectivity index (χ3n) is 3.91. The number of para-hydroxylation sites is 1. The molecule has 5 nitrogen and oxygen atoms in total. The lowest BCUT2D eigenvalue weighted by molar-refractivity contribution is -0.122. The first-order chi connectivity index (χ1) is 9.58. The van der Waals surface area contributed by atoms with Crippen molar-refractivity contribution in [1.82, 2.24) is 10.3 Å². The van der Waals surface area contributed by atoms with Crippen molar-refractivity contribution in [3.05, 3.63) is 35.5 Å². The van der Waals surface area contributed by atoms with Crippen molar-refractivity contribution in [2.45, 2.75) is 19.9 Å². The molecule has 1 saturated carbocycles. The summed E-state index contributed by atoms with van der Waals surface area (Å²) in [5.74, 6) is -0.463. The largest absolute Gasteiger partial charge is 0.477 e. The van der Waals surface area contributed by atoms with Gasteiger partial charge in [-0.25, -0.2) is 4.79 Å². The molecule has 1 amide bonds. The fraction of sp³-hybridized carbons (Fsp3) is 0.333. The molecule has 0 bridgehead atoms. The highest BCUT2D eigenvalue weighted by atomic mass is 16.4. The van der Waals surface area contributed by atoms with Crippen molar-refractivity contribution < 1.29 is 14.7 Å². The Morgan fingerprint density at radius 1 is 1.40 bits per heavy atom. The van der Waals surface area contributed by atoms with Crippen LogP contribution in [0.15, 0.2) is 24.3 Å². The van der Waals surface area contributed by atoms with Gasteiger partial charge in [-0.3, -0.25) is 4.79 Å². The van der Waals surface area contributed by atoms with Gasteiger partial charge in [0.05, 0.1) is 0 Å². The molecule has 3 N–H and O–H groups in total. The number of hydrogen-bond donors (Lipinski definition) is 3. The Hall–Kier alpha value is -2.30. The summed E-state index contributed by atoms with van der Waals surface area (Å²) in [7, 11) is 0. The molecule has 5 heteroatoms. The number of fused-ring (bicyclic) bond motifs is 1. The van der Waals surface area contributed by atoms with Crippen LogP contribution in [0, 0.1) is 11.8 Å². The lowest BCUT2D eigenvalue weighted by Gasteiger charge is -2.05. The Bertz CT molecular complexity index is 689. The van der Waals surface area contributed by atoms with Crippen LogP contribution >= 0.6 is 0 Å². The first-order valence-electron chi connectivity index (χ1n) is 6.68. The van der Waals surface area contributed by atoms with E-state index in [2.05, 4.69) is 10.3 Å². The normalized spacial score (nSPS) is 20.9. The minimum atomic E-state index is -1.01. The lowest BCUT2D eigenvalue weighted by atomic mass is 10.1. The maximum absolute atomic E-state index is 11.9. The molecule has 2 atom stereocenters. The molecular formula is C15H16N2O3. The smallest absolute Gasteiger partial charge is 0.352 e. The summed E-state index contributed by atoms with van der Waals surface area (Å²) in [6, 6.07) is 7.39. The van der Waals surface area contributed by atoms with Crippen LogP contribution in [0.3, 0.4) is 0 Å². The maximum Gasteiger partial charge on any atom is 0.352 e. The summed E-state index contributed by atoms with van der Waals surface area (Å²) >= 11 is 0. The number of aromatic carboxylic acids is 1. The van der Waals surface area contributed by atoms with Gasteiger partial charge in [0, 0.05) is 28.9 Å². The summed E-state index contributed by atoms with van der Waals surface area (Å²) in [4.78, 5) is 26.0. The van der Waals surface area contributed by atoms with Gasteiger partial charge in [0.2, 0.25) is 5.91 Å². The fourth-order valence-electron chi connectivity index (χ4n) is 2.56. The molecule has 1 aromatic carbocycles. The standard InChI is InChI=1S/C15H16N2O3/c1-8-6-10(8)14(18)16-7-11-9-4-2-3-5-12(9)17-13(11)15(19)20/h2-5,8,10,17H,6-7H2,1H3,(H,16,18)(H,19,20). The number of benzene rings is 1. The molecule has 1 aliphatic carbocycles. The van der Waals surface area contributed by atoms with Gasteiger partial charge < -0.3 is 15.4 Å². The van der Waals surface area contributed by atoms with E-state index < -0.39 is 5.97 Å². The molecule has 104 valence electrons. The van der Waals surface area contributed by atoms with Crippen LogP contribution in [0.2, 0.25) is 0 Å². The molecule has 20 heavy (non-hydrogen) atoms. The number of amides is 1. The number of rotatable bonds is 4. The molecule has 1 aliphatic rings. The second kappa shape index (κ2) is 4.67. The monoisotopic (exact) mass is 272 g/mol. The van der Waals surface area contributed by atoms with Crippen molar-refractivity contribution in [3.63, 3.8) is 0 Å². The number of aromatic nitrogens is 1. The number of nitrogens with one attached hydrogen (secondary N) is 2. The predicted octanol–water partition coefficient (Wildman–Crippen LogP) is 2.14. The van der Waals surface area contributed by atoms with Gasteiger partial charge in [0.15, 0.2) is 0 Å². The van der Waals surface area contributed by atoms with E-state index in [-0.39, 0.29) is 24.1 Å². The van der Waals surface area contributed by atoms with Crippen molar-refractivity contribution in [3.8, 4) is 0 Å². The summed E-state index contributed by atoms with van der Waals surface area (Å²) in [6.45, 7) is 2.28. The Morgan fingerprint density at radius 2 is 2.10 bits per heavy atom. The highest BCUT2D eigenvalue weighted by molar-refractivity contribution is 5.97. The molecule has 0 spiro atoms. The second-order valence-corrected chi connectivity index (χ2v) is 5.37. The number of hydrogen-bond acceptors (Lipinski definition) is 2. The fourth-order valence-corrected chi connectivity index (χ4v) is 2.56. The number of carboxylic acids is 1. The zero-order valence-corrected chi connectivity index (χ0v) is 11.1. The number of H-pyrrole nitrogens is 1.